The van der Waals surface area contributed by atoms with Crippen LogP contribution in [0.3, 0.4) is 0 Å². The van der Waals surface area contributed by atoms with Gasteiger partial charge in [0.2, 0.25) is 0 Å². The molecule has 0 N–H and O–H groups in total. The van der Waals surface area contributed by atoms with Gasteiger partial charge in [0.15, 0.2) is 0 Å². The Morgan fingerprint density at radius 1 is 0.952 bits per heavy atom. The lowest BCUT2D eigenvalue weighted by atomic mass is 9.90. The summed E-state index contributed by atoms with van der Waals surface area (Å²) in [5.41, 5.74) is 1.47. The van der Waals surface area contributed by atoms with Crippen molar-refractivity contribution in [1.82, 2.24) is 14.9 Å². The maximum Gasteiger partial charge on any atom is 0.142 e. The van der Waals surface area contributed by atoms with Crippen LogP contribution in [-0.2, 0) is 13.0 Å². The first kappa shape index (κ1) is 14.2. The third-order valence-electron chi connectivity index (χ3n) is 4.38. The highest BCUT2D eigenvalue weighted by molar-refractivity contribution is 5.14. The van der Waals surface area contributed by atoms with Crippen LogP contribution in [0, 0.1) is 5.92 Å². The van der Waals surface area contributed by atoms with Gasteiger partial charge in [-0.2, -0.15) is 0 Å². The second-order valence-corrected chi connectivity index (χ2v) is 5.91. The van der Waals surface area contributed by atoms with Gasteiger partial charge in [0.25, 0.3) is 0 Å². The van der Waals surface area contributed by atoms with Gasteiger partial charge in [-0.15, -0.1) is 0 Å². The Bertz CT molecular complexity index is 519. The van der Waals surface area contributed by atoms with Gasteiger partial charge in [-0.05, 0) is 56.3 Å². The summed E-state index contributed by atoms with van der Waals surface area (Å²) in [6.07, 6.45) is 8.80. The van der Waals surface area contributed by atoms with Crippen molar-refractivity contribution in [1.29, 1.82) is 0 Å². The molecule has 110 valence electrons. The number of rotatable bonds is 5. The fourth-order valence-corrected chi connectivity index (χ4v) is 3.06. The summed E-state index contributed by atoms with van der Waals surface area (Å²) in [5, 5.41) is 0. The maximum absolute atomic E-state index is 4.32. The standard InChI is InChI=1S/C18H23N3/c1-2-5-16(6-3-1)7-8-17-9-13-21(14-10-17)15-18-19-11-4-12-20-18/h1-6,11-12,17H,7-10,13-15H2. The Morgan fingerprint density at radius 2 is 1.67 bits per heavy atom. The number of piperidine rings is 1. The topological polar surface area (TPSA) is 29.0 Å². The van der Waals surface area contributed by atoms with Gasteiger partial charge in [-0.1, -0.05) is 30.3 Å². The molecular formula is C18H23N3. The summed E-state index contributed by atoms with van der Waals surface area (Å²) in [5.74, 6) is 1.82. The second kappa shape index (κ2) is 7.32. The molecule has 2 aromatic rings. The highest BCUT2D eigenvalue weighted by atomic mass is 15.1. The lowest BCUT2D eigenvalue weighted by Gasteiger charge is -2.31. The number of likely N-dealkylation sites (tertiary alicyclic amines) is 1. The SMILES string of the molecule is c1ccc(CCC2CCN(Cc3ncccn3)CC2)cc1. The Morgan fingerprint density at radius 3 is 2.38 bits per heavy atom. The van der Waals surface area contributed by atoms with E-state index in [4.69, 9.17) is 0 Å². The van der Waals surface area contributed by atoms with Crippen molar-refractivity contribution in [2.45, 2.75) is 32.2 Å². The van der Waals surface area contributed by atoms with E-state index in [1.807, 2.05) is 18.5 Å². The molecule has 0 amide bonds. The van der Waals surface area contributed by atoms with Gasteiger partial charge in [-0.25, -0.2) is 9.97 Å². The number of aromatic nitrogens is 2. The van der Waals surface area contributed by atoms with Crippen molar-refractivity contribution in [2.75, 3.05) is 13.1 Å². The summed E-state index contributed by atoms with van der Waals surface area (Å²) in [4.78, 5) is 11.1. The smallest absolute Gasteiger partial charge is 0.142 e. The van der Waals surface area contributed by atoms with E-state index in [9.17, 15) is 0 Å². The lowest BCUT2D eigenvalue weighted by molar-refractivity contribution is 0.169. The Hall–Kier alpha value is -1.74. The molecule has 1 aliphatic heterocycles. The monoisotopic (exact) mass is 281 g/mol. The van der Waals surface area contributed by atoms with Gasteiger partial charge < -0.3 is 0 Å². The number of nitrogens with zero attached hydrogens (tertiary/aromatic N) is 3. The molecule has 1 saturated heterocycles. The van der Waals surface area contributed by atoms with Crippen molar-refractivity contribution in [3.05, 3.63) is 60.2 Å². The third-order valence-corrected chi connectivity index (χ3v) is 4.38. The molecule has 0 saturated carbocycles. The molecule has 3 heteroatoms. The molecule has 0 spiro atoms. The van der Waals surface area contributed by atoms with Crippen molar-refractivity contribution in [2.24, 2.45) is 5.92 Å². The zero-order valence-corrected chi connectivity index (χ0v) is 12.5. The van der Waals surface area contributed by atoms with Crippen molar-refractivity contribution in [3.8, 4) is 0 Å². The van der Waals surface area contributed by atoms with Crippen LogP contribution in [0.5, 0.6) is 0 Å². The van der Waals surface area contributed by atoms with Crippen LogP contribution in [0.25, 0.3) is 0 Å². The zero-order chi connectivity index (χ0) is 14.3. The average Bonchev–Trinajstić information content (AvgIpc) is 2.56. The molecule has 1 aromatic heterocycles. The zero-order valence-electron chi connectivity index (χ0n) is 12.5. The molecule has 0 unspecified atom stereocenters. The average molecular weight is 281 g/mol. The van der Waals surface area contributed by atoms with E-state index in [2.05, 4.69) is 45.2 Å². The quantitative estimate of drug-likeness (QED) is 0.842. The highest BCUT2D eigenvalue weighted by Gasteiger charge is 2.19. The molecule has 1 aliphatic rings. The number of benzene rings is 1. The first-order chi connectivity index (χ1) is 10.4. The van der Waals surface area contributed by atoms with E-state index in [1.165, 1.54) is 44.3 Å². The van der Waals surface area contributed by atoms with Gasteiger partial charge in [0, 0.05) is 12.4 Å². The van der Waals surface area contributed by atoms with Crippen LogP contribution in [-0.4, -0.2) is 28.0 Å². The normalized spacial score (nSPS) is 17.0. The molecule has 3 nitrogen and oxygen atoms in total. The van der Waals surface area contributed by atoms with E-state index in [0.717, 1.165) is 18.3 Å². The van der Waals surface area contributed by atoms with Crippen molar-refractivity contribution < 1.29 is 0 Å². The third kappa shape index (κ3) is 4.36. The lowest BCUT2D eigenvalue weighted by Crippen LogP contribution is -2.33. The highest BCUT2D eigenvalue weighted by Crippen LogP contribution is 2.23. The molecule has 1 aromatic carbocycles. The molecule has 0 atom stereocenters. The van der Waals surface area contributed by atoms with E-state index in [0.29, 0.717) is 0 Å². The molecule has 0 aliphatic carbocycles. The maximum atomic E-state index is 4.32. The van der Waals surface area contributed by atoms with Crippen LogP contribution < -0.4 is 0 Å². The second-order valence-electron chi connectivity index (χ2n) is 5.91. The van der Waals surface area contributed by atoms with Gasteiger partial charge >= 0.3 is 0 Å². The summed E-state index contributed by atoms with van der Waals surface area (Å²) < 4.78 is 0. The minimum atomic E-state index is 0.873. The Balaban J connectivity index is 1.41. The number of aryl methyl sites for hydroxylation is 1. The fraction of sp³-hybridized carbons (Fsp3) is 0.444. The molecular weight excluding hydrogens is 258 g/mol. The van der Waals surface area contributed by atoms with E-state index in [-0.39, 0.29) is 0 Å². The van der Waals surface area contributed by atoms with E-state index >= 15 is 0 Å². The van der Waals surface area contributed by atoms with Gasteiger partial charge in [-0.3, -0.25) is 4.90 Å². The van der Waals surface area contributed by atoms with Crippen molar-refractivity contribution >= 4 is 0 Å². The van der Waals surface area contributed by atoms with Crippen LogP contribution in [0.4, 0.5) is 0 Å². The summed E-state index contributed by atoms with van der Waals surface area (Å²) in [6, 6.07) is 12.7. The number of hydrogen-bond acceptors (Lipinski definition) is 3. The van der Waals surface area contributed by atoms with Crippen LogP contribution in [0.2, 0.25) is 0 Å². The van der Waals surface area contributed by atoms with Gasteiger partial charge in [0.1, 0.15) is 5.82 Å². The van der Waals surface area contributed by atoms with Crippen LogP contribution in [0.1, 0.15) is 30.7 Å². The predicted octanol–water partition coefficient (Wildman–Crippen LogP) is 3.32. The molecule has 0 bridgehead atoms. The van der Waals surface area contributed by atoms with Crippen LogP contribution >= 0.6 is 0 Å². The Labute approximate surface area is 127 Å². The summed E-state index contributed by atoms with van der Waals surface area (Å²) in [7, 11) is 0. The largest absolute Gasteiger partial charge is 0.296 e. The summed E-state index contributed by atoms with van der Waals surface area (Å²) >= 11 is 0. The van der Waals surface area contributed by atoms with Crippen LogP contribution in [0.15, 0.2) is 48.8 Å². The predicted molar refractivity (Wildman–Crippen MR) is 84.8 cm³/mol. The van der Waals surface area contributed by atoms with Crippen molar-refractivity contribution in [3.63, 3.8) is 0 Å². The molecule has 0 radical (unpaired) electrons. The van der Waals surface area contributed by atoms with Gasteiger partial charge in [0.05, 0.1) is 6.54 Å². The summed E-state index contributed by atoms with van der Waals surface area (Å²) in [6.45, 7) is 3.25. The minimum absolute atomic E-state index is 0.873. The minimum Gasteiger partial charge on any atom is -0.296 e. The molecule has 1 fully saturated rings. The molecule has 2 heterocycles. The first-order valence-electron chi connectivity index (χ1n) is 7.92. The Kier molecular flexibility index (Phi) is 4.95. The molecule has 21 heavy (non-hydrogen) atoms. The van der Waals surface area contributed by atoms with E-state index < -0.39 is 0 Å². The number of hydrogen-bond donors (Lipinski definition) is 0. The first-order valence-corrected chi connectivity index (χ1v) is 7.92. The van der Waals surface area contributed by atoms with E-state index in [1.54, 1.807) is 0 Å². The molecule has 3 rings (SSSR count). The fourth-order valence-electron chi connectivity index (χ4n) is 3.06.